The highest BCUT2D eigenvalue weighted by atomic mass is 15.1. The Morgan fingerprint density at radius 3 is 3.14 bits per heavy atom. The molecule has 1 N–H and O–H groups in total. The molecule has 3 heterocycles. The van der Waals surface area contributed by atoms with Gasteiger partial charge in [-0.15, -0.1) is 0 Å². The number of H-pyrrole nitrogens is 1. The third kappa shape index (κ3) is 2.74. The van der Waals surface area contributed by atoms with Crippen molar-refractivity contribution in [3.05, 3.63) is 60.3 Å². The van der Waals surface area contributed by atoms with Gasteiger partial charge in [-0.25, -0.2) is 0 Å². The second kappa shape index (κ2) is 5.89. The van der Waals surface area contributed by atoms with Crippen molar-refractivity contribution in [3.63, 3.8) is 0 Å². The van der Waals surface area contributed by atoms with E-state index in [4.69, 9.17) is 0 Å². The first kappa shape index (κ1) is 13.5. The number of hydrogen-bond donors (Lipinski definition) is 1. The fraction of sp³-hybridized carbons (Fsp3) is 0.333. The average molecular weight is 292 g/mol. The summed E-state index contributed by atoms with van der Waals surface area (Å²) in [5.41, 5.74) is 3.72. The number of aromatic amines is 1. The lowest BCUT2D eigenvalue weighted by Gasteiger charge is -2.32. The largest absolute Gasteiger partial charge is 0.361 e. The molecule has 0 spiro atoms. The molecule has 3 aromatic rings. The van der Waals surface area contributed by atoms with E-state index in [0.717, 1.165) is 18.8 Å². The van der Waals surface area contributed by atoms with Crippen LogP contribution in [0.25, 0.3) is 10.9 Å². The molecule has 22 heavy (non-hydrogen) atoms. The molecule has 1 fully saturated rings. The Bertz CT molecular complexity index is 750. The number of aromatic nitrogens is 3. The maximum absolute atomic E-state index is 4.48. The summed E-state index contributed by atoms with van der Waals surface area (Å²) in [5.74, 6) is 0.512. The molecule has 112 valence electrons. The molecule has 1 saturated heterocycles. The van der Waals surface area contributed by atoms with Gasteiger partial charge >= 0.3 is 0 Å². The molecule has 4 nitrogen and oxygen atoms in total. The minimum atomic E-state index is 0.512. The zero-order chi connectivity index (χ0) is 14.8. The normalized spacial score (nSPS) is 19.5. The fourth-order valence-corrected chi connectivity index (χ4v) is 3.42. The Hall–Kier alpha value is -2.20. The van der Waals surface area contributed by atoms with Gasteiger partial charge in [-0.2, -0.15) is 0 Å². The number of rotatable bonds is 3. The van der Waals surface area contributed by atoms with Gasteiger partial charge in [0.25, 0.3) is 0 Å². The van der Waals surface area contributed by atoms with E-state index in [1.807, 2.05) is 12.4 Å². The van der Waals surface area contributed by atoms with Crippen molar-refractivity contribution in [1.29, 1.82) is 0 Å². The smallest absolute Gasteiger partial charge is 0.0630 e. The van der Waals surface area contributed by atoms with E-state index >= 15 is 0 Å². The molecule has 2 aromatic heterocycles. The van der Waals surface area contributed by atoms with Gasteiger partial charge < -0.3 is 4.98 Å². The van der Waals surface area contributed by atoms with Gasteiger partial charge in [-0.1, -0.05) is 6.07 Å². The number of piperidine rings is 1. The third-order valence-electron chi connectivity index (χ3n) is 4.53. The summed E-state index contributed by atoms with van der Waals surface area (Å²) in [5, 5.41) is 1.29. The highest BCUT2D eigenvalue weighted by molar-refractivity contribution is 5.79. The highest BCUT2D eigenvalue weighted by Gasteiger charge is 2.22. The summed E-state index contributed by atoms with van der Waals surface area (Å²) < 4.78 is 0. The van der Waals surface area contributed by atoms with Gasteiger partial charge in [0, 0.05) is 49.3 Å². The first-order valence-corrected chi connectivity index (χ1v) is 7.93. The summed E-state index contributed by atoms with van der Waals surface area (Å²) in [7, 11) is 0. The van der Waals surface area contributed by atoms with E-state index in [2.05, 4.69) is 44.1 Å². The topological polar surface area (TPSA) is 44.8 Å². The average Bonchev–Trinajstić information content (AvgIpc) is 3.04. The summed E-state index contributed by atoms with van der Waals surface area (Å²) in [4.78, 5) is 14.5. The number of fused-ring (bicyclic) bond motifs is 1. The van der Waals surface area contributed by atoms with Gasteiger partial charge in [0.15, 0.2) is 0 Å². The van der Waals surface area contributed by atoms with Crippen LogP contribution in [0.5, 0.6) is 0 Å². The van der Waals surface area contributed by atoms with Crippen molar-refractivity contribution in [1.82, 2.24) is 19.9 Å². The van der Waals surface area contributed by atoms with Crippen LogP contribution in [0.2, 0.25) is 0 Å². The van der Waals surface area contributed by atoms with Gasteiger partial charge in [0.1, 0.15) is 0 Å². The standard InChI is InChI=1S/C18H20N4/c1-2-16(18-11-19-7-8-21-18)13-22(9-1)12-14-3-4-17-15(10-14)5-6-20-17/h3-8,10-11,16,20H,1-2,9,12-13H2/t16-/m1/s1. The molecule has 1 aromatic carbocycles. The van der Waals surface area contributed by atoms with Crippen molar-refractivity contribution in [2.24, 2.45) is 0 Å². The number of benzene rings is 1. The first-order valence-electron chi connectivity index (χ1n) is 7.93. The number of likely N-dealkylation sites (tertiary alicyclic amines) is 1. The zero-order valence-corrected chi connectivity index (χ0v) is 12.6. The summed E-state index contributed by atoms with van der Waals surface area (Å²) in [6.45, 7) is 3.25. The van der Waals surface area contributed by atoms with E-state index in [9.17, 15) is 0 Å². The van der Waals surface area contributed by atoms with E-state index in [1.54, 1.807) is 12.4 Å². The van der Waals surface area contributed by atoms with E-state index in [0.29, 0.717) is 5.92 Å². The molecule has 4 rings (SSSR count). The Morgan fingerprint density at radius 1 is 1.23 bits per heavy atom. The maximum atomic E-state index is 4.48. The van der Waals surface area contributed by atoms with Crippen LogP contribution in [-0.2, 0) is 6.54 Å². The van der Waals surface area contributed by atoms with E-state index in [-0.39, 0.29) is 0 Å². The predicted molar refractivity (Wildman–Crippen MR) is 87.6 cm³/mol. The van der Waals surface area contributed by atoms with Crippen LogP contribution in [0.1, 0.15) is 30.0 Å². The maximum Gasteiger partial charge on any atom is 0.0630 e. The van der Waals surface area contributed by atoms with Crippen LogP contribution in [-0.4, -0.2) is 32.9 Å². The van der Waals surface area contributed by atoms with Crippen molar-refractivity contribution in [2.45, 2.75) is 25.3 Å². The van der Waals surface area contributed by atoms with Gasteiger partial charge in [-0.05, 0) is 48.5 Å². The molecule has 0 saturated carbocycles. The molecule has 0 aliphatic carbocycles. The number of nitrogens with zero attached hydrogens (tertiary/aromatic N) is 3. The molecular weight excluding hydrogens is 272 g/mol. The Morgan fingerprint density at radius 2 is 2.23 bits per heavy atom. The highest BCUT2D eigenvalue weighted by Crippen LogP contribution is 2.26. The van der Waals surface area contributed by atoms with Crippen molar-refractivity contribution < 1.29 is 0 Å². The Kier molecular flexibility index (Phi) is 3.60. The SMILES string of the molecule is c1cnc([C@@H]2CCCN(Cc3ccc4[nH]ccc4c3)C2)cn1. The van der Waals surface area contributed by atoms with E-state index < -0.39 is 0 Å². The van der Waals surface area contributed by atoms with Crippen LogP contribution in [0.15, 0.2) is 49.1 Å². The predicted octanol–water partition coefficient (Wildman–Crippen LogP) is 3.34. The second-order valence-electron chi connectivity index (χ2n) is 6.10. The molecule has 1 aliphatic heterocycles. The number of nitrogens with one attached hydrogen (secondary N) is 1. The van der Waals surface area contributed by atoms with Crippen molar-refractivity contribution in [2.75, 3.05) is 13.1 Å². The summed E-state index contributed by atoms with van der Waals surface area (Å²) >= 11 is 0. The molecule has 1 aliphatic rings. The second-order valence-corrected chi connectivity index (χ2v) is 6.10. The molecular formula is C18H20N4. The lowest BCUT2D eigenvalue weighted by molar-refractivity contribution is 0.198. The Balaban J connectivity index is 1.48. The lowest BCUT2D eigenvalue weighted by Crippen LogP contribution is -2.34. The first-order chi connectivity index (χ1) is 10.9. The van der Waals surface area contributed by atoms with Crippen molar-refractivity contribution >= 4 is 10.9 Å². The number of hydrogen-bond acceptors (Lipinski definition) is 3. The third-order valence-corrected chi connectivity index (χ3v) is 4.53. The monoisotopic (exact) mass is 292 g/mol. The minimum absolute atomic E-state index is 0.512. The van der Waals surface area contributed by atoms with Crippen LogP contribution >= 0.6 is 0 Å². The van der Waals surface area contributed by atoms with Gasteiger partial charge in [-0.3, -0.25) is 14.9 Å². The van der Waals surface area contributed by atoms with Gasteiger partial charge in [0.05, 0.1) is 5.69 Å². The summed E-state index contributed by atoms with van der Waals surface area (Å²) in [6.07, 6.45) is 9.91. The van der Waals surface area contributed by atoms with Crippen LogP contribution < -0.4 is 0 Å². The zero-order valence-electron chi connectivity index (χ0n) is 12.6. The molecule has 4 heteroatoms. The van der Waals surface area contributed by atoms with Crippen LogP contribution in [0.4, 0.5) is 0 Å². The molecule has 1 atom stereocenters. The van der Waals surface area contributed by atoms with Crippen molar-refractivity contribution in [3.8, 4) is 0 Å². The Labute approximate surface area is 130 Å². The van der Waals surface area contributed by atoms with Crippen LogP contribution in [0, 0.1) is 0 Å². The van der Waals surface area contributed by atoms with Crippen LogP contribution in [0.3, 0.4) is 0 Å². The summed E-state index contributed by atoms with van der Waals surface area (Å²) in [6, 6.07) is 8.83. The molecule has 0 amide bonds. The fourth-order valence-electron chi connectivity index (χ4n) is 3.42. The molecule has 0 unspecified atom stereocenters. The van der Waals surface area contributed by atoms with E-state index in [1.165, 1.54) is 35.9 Å². The quantitative estimate of drug-likeness (QED) is 0.805. The minimum Gasteiger partial charge on any atom is -0.361 e. The lowest BCUT2D eigenvalue weighted by atomic mass is 9.94. The molecule has 0 radical (unpaired) electrons. The van der Waals surface area contributed by atoms with Gasteiger partial charge in [0.2, 0.25) is 0 Å². The molecule has 0 bridgehead atoms.